The van der Waals surface area contributed by atoms with Crippen molar-refractivity contribution in [2.45, 2.75) is 23.8 Å². The zero-order valence-corrected chi connectivity index (χ0v) is 10.0. The minimum atomic E-state index is -0.697. The summed E-state index contributed by atoms with van der Waals surface area (Å²) in [5.74, 6) is 2.03. The lowest BCUT2D eigenvalue weighted by Crippen LogP contribution is -2.21. The molecule has 0 saturated heterocycles. The smallest absolute Gasteiger partial charge is 0.0488 e. The fourth-order valence-corrected chi connectivity index (χ4v) is 4.67. The molecule has 84 valence electrons. The van der Waals surface area contributed by atoms with Crippen LogP contribution in [0.2, 0.25) is 0 Å². The molecule has 1 aromatic carbocycles. The molecule has 0 heterocycles. The third kappa shape index (κ3) is 1.86. The van der Waals surface area contributed by atoms with Gasteiger partial charge in [-0.05, 0) is 30.2 Å². The molecule has 0 amide bonds. The van der Waals surface area contributed by atoms with Crippen molar-refractivity contribution in [2.24, 2.45) is 11.8 Å². The lowest BCUT2D eigenvalue weighted by Gasteiger charge is -2.17. The molecule has 0 radical (unpaired) electrons. The monoisotopic (exact) mass is 232 g/mol. The van der Waals surface area contributed by atoms with Crippen LogP contribution in [0, 0.1) is 11.8 Å². The van der Waals surface area contributed by atoms with Gasteiger partial charge in [0.05, 0.1) is 0 Å². The second-order valence-electron chi connectivity index (χ2n) is 4.83. The Hall–Kier alpha value is -0.890. The minimum Gasteiger partial charge on any atom is -0.259 e. The molecule has 0 spiro atoms. The molecular formula is C14H16OS. The van der Waals surface area contributed by atoms with Crippen LogP contribution in [0.5, 0.6) is 0 Å². The maximum atomic E-state index is 12.3. The first-order valence-electron chi connectivity index (χ1n) is 5.92. The van der Waals surface area contributed by atoms with Gasteiger partial charge in [-0.1, -0.05) is 42.5 Å². The van der Waals surface area contributed by atoms with E-state index in [1.807, 2.05) is 18.2 Å². The fourth-order valence-electron chi connectivity index (χ4n) is 2.88. The van der Waals surface area contributed by atoms with Crippen molar-refractivity contribution in [2.75, 3.05) is 0 Å². The van der Waals surface area contributed by atoms with Gasteiger partial charge in [0.1, 0.15) is 0 Å². The summed E-state index contributed by atoms with van der Waals surface area (Å²) in [6, 6.07) is 10.2. The van der Waals surface area contributed by atoms with E-state index in [1.54, 1.807) is 0 Å². The van der Waals surface area contributed by atoms with E-state index in [-0.39, 0.29) is 0 Å². The van der Waals surface area contributed by atoms with Crippen LogP contribution in [0.4, 0.5) is 0 Å². The molecule has 1 aromatic rings. The number of hydrogen-bond acceptors (Lipinski definition) is 1. The standard InChI is InChI=1S/C14H16OS/c15-16(10-11-4-2-1-3-5-11)14-9-12-6-7-13(14)8-12/h1-7,12-14H,8-10H2/t12-,13+,14-,16-/m0/s1. The van der Waals surface area contributed by atoms with Crippen LogP contribution in [0.3, 0.4) is 0 Å². The van der Waals surface area contributed by atoms with Gasteiger partial charge in [-0.2, -0.15) is 0 Å². The van der Waals surface area contributed by atoms with Crippen molar-refractivity contribution in [3.05, 3.63) is 48.0 Å². The normalized spacial score (nSPS) is 33.1. The van der Waals surface area contributed by atoms with Crippen LogP contribution in [-0.4, -0.2) is 9.46 Å². The lowest BCUT2D eigenvalue weighted by atomic mass is 10.1. The van der Waals surface area contributed by atoms with Crippen LogP contribution in [0.1, 0.15) is 18.4 Å². The van der Waals surface area contributed by atoms with Crippen molar-refractivity contribution >= 4 is 10.8 Å². The molecule has 16 heavy (non-hydrogen) atoms. The van der Waals surface area contributed by atoms with E-state index in [2.05, 4.69) is 24.3 Å². The molecule has 3 rings (SSSR count). The van der Waals surface area contributed by atoms with Crippen LogP contribution in [0.15, 0.2) is 42.5 Å². The van der Waals surface area contributed by atoms with E-state index in [1.165, 1.54) is 12.0 Å². The predicted octanol–water partition coefficient (Wildman–Crippen LogP) is 2.90. The summed E-state index contributed by atoms with van der Waals surface area (Å²) < 4.78 is 12.3. The molecule has 2 aliphatic carbocycles. The zero-order chi connectivity index (χ0) is 11.0. The summed E-state index contributed by atoms with van der Waals surface area (Å²) in [4.78, 5) is 0. The first-order chi connectivity index (χ1) is 7.83. The Morgan fingerprint density at radius 1 is 1.12 bits per heavy atom. The van der Waals surface area contributed by atoms with Crippen molar-refractivity contribution in [1.82, 2.24) is 0 Å². The number of fused-ring (bicyclic) bond motifs is 2. The molecule has 1 fully saturated rings. The van der Waals surface area contributed by atoms with Gasteiger partial charge in [0.25, 0.3) is 0 Å². The topological polar surface area (TPSA) is 17.1 Å². The molecule has 2 bridgehead atoms. The maximum absolute atomic E-state index is 12.3. The molecule has 0 N–H and O–H groups in total. The van der Waals surface area contributed by atoms with E-state index in [0.29, 0.717) is 11.2 Å². The Labute approximate surface area is 99.0 Å². The summed E-state index contributed by atoms with van der Waals surface area (Å²) in [5, 5.41) is 0.412. The average Bonchev–Trinajstić information content (AvgIpc) is 2.92. The molecule has 0 unspecified atom stereocenters. The Bertz CT molecular complexity index is 424. The van der Waals surface area contributed by atoms with E-state index < -0.39 is 10.8 Å². The SMILES string of the molecule is O=[S@@](Cc1ccccc1)[C@H]1C[C@H]2C=C[C@@H]1C2. The van der Waals surface area contributed by atoms with Crippen molar-refractivity contribution in [1.29, 1.82) is 0 Å². The first kappa shape index (κ1) is 10.3. The average molecular weight is 232 g/mol. The number of rotatable bonds is 3. The second kappa shape index (κ2) is 4.17. The van der Waals surface area contributed by atoms with Crippen LogP contribution in [0.25, 0.3) is 0 Å². The Morgan fingerprint density at radius 3 is 2.56 bits per heavy atom. The summed E-state index contributed by atoms with van der Waals surface area (Å²) >= 11 is 0. The maximum Gasteiger partial charge on any atom is 0.0488 e. The highest BCUT2D eigenvalue weighted by atomic mass is 32.2. The Morgan fingerprint density at radius 2 is 1.94 bits per heavy atom. The van der Waals surface area contributed by atoms with Gasteiger partial charge >= 0.3 is 0 Å². The van der Waals surface area contributed by atoms with E-state index in [0.717, 1.165) is 18.1 Å². The van der Waals surface area contributed by atoms with Gasteiger partial charge in [-0.3, -0.25) is 4.21 Å². The number of hydrogen-bond donors (Lipinski definition) is 0. The van der Waals surface area contributed by atoms with E-state index in [4.69, 9.17) is 0 Å². The van der Waals surface area contributed by atoms with Gasteiger partial charge in [0.15, 0.2) is 0 Å². The highest BCUT2D eigenvalue weighted by Gasteiger charge is 2.38. The van der Waals surface area contributed by atoms with Gasteiger partial charge in [-0.25, -0.2) is 0 Å². The van der Waals surface area contributed by atoms with Gasteiger partial charge in [0, 0.05) is 21.8 Å². The molecule has 1 nitrogen and oxygen atoms in total. The van der Waals surface area contributed by atoms with E-state index in [9.17, 15) is 4.21 Å². The summed E-state index contributed by atoms with van der Waals surface area (Å²) in [7, 11) is -0.697. The predicted molar refractivity (Wildman–Crippen MR) is 67.4 cm³/mol. The van der Waals surface area contributed by atoms with Gasteiger partial charge < -0.3 is 0 Å². The van der Waals surface area contributed by atoms with Crippen molar-refractivity contribution in [3.8, 4) is 0 Å². The lowest BCUT2D eigenvalue weighted by molar-refractivity contribution is 0.640. The third-order valence-electron chi connectivity index (χ3n) is 3.71. The molecule has 2 heteroatoms. The molecular weight excluding hydrogens is 216 g/mol. The second-order valence-corrected chi connectivity index (χ2v) is 6.49. The van der Waals surface area contributed by atoms with Crippen LogP contribution < -0.4 is 0 Å². The summed E-state index contributed by atoms with van der Waals surface area (Å²) in [6.07, 6.45) is 6.97. The van der Waals surface area contributed by atoms with Gasteiger partial charge in [-0.15, -0.1) is 0 Å². The van der Waals surface area contributed by atoms with Crippen LogP contribution in [-0.2, 0) is 16.6 Å². The fraction of sp³-hybridized carbons (Fsp3) is 0.429. The van der Waals surface area contributed by atoms with E-state index >= 15 is 0 Å². The minimum absolute atomic E-state index is 0.412. The molecule has 4 atom stereocenters. The summed E-state index contributed by atoms with van der Waals surface area (Å²) in [5.41, 5.74) is 1.20. The molecule has 1 saturated carbocycles. The third-order valence-corrected chi connectivity index (χ3v) is 5.54. The first-order valence-corrected chi connectivity index (χ1v) is 7.30. The van der Waals surface area contributed by atoms with Crippen molar-refractivity contribution < 1.29 is 4.21 Å². The highest BCUT2D eigenvalue weighted by Crippen LogP contribution is 2.42. The number of benzene rings is 1. The largest absolute Gasteiger partial charge is 0.259 e. The summed E-state index contributed by atoms with van der Waals surface area (Å²) in [6.45, 7) is 0. The molecule has 2 aliphatic rings. The van der Waals surface area contributed by atoms with Crippen LogP contribution >= 0.6 is 0 Å². The number of allylic oxidation sites excluding steroid dienone is 2. The Balaban J connectivity index is 1.69. The molecule has 0 aliphatic heterocycles. The quantitative estimate of drug-likeness (QED) is 0.732. The Kier molecular flexibility index (Phi) is 2.68. The highest BCUT2D eigenvalue weighted by molar-refractivity contribution is 7.84. The van der Waals surface area contributed by atoms with Gasteiger partial charge in [0.2, 0.25) is 0 Å². The van der Waals surface area contributed by atoms with Crippen molar-refractivity contribution in [3.63, 3.8) is 0 Å². The molecule has 0 aromatic heterocycles. The zero-order valence-electron chi connectivity index (χ0n) is 9.21.